The Kier molecular flexibility index (Phi) is 3.93. The van der Waals surface area contributed by atoms with Crippen LogP contribution in [-0.2, 0) is 11.2 Å². The highest BCUT2D eigenvalue weighted by Crippen LogP contribution is 2.23. The Morgan fingerprint density at radius 2 is 2.33 bits per heavy atom. The molecule has 0 aliphatic heterocycles. The molecule has 3 N–H and O–H groups in total. The molecule has 7 heteroatoms. The molecule has 4 nitrogen and oxygen atoms in total. The van der Waals surface area contributed by atoms with Gasteiger partial charge < -0.3 is 11.1 Å². The fourth-order valence-electron chi connectivity index (χ4n) is 1.35. The highest BCUT2D eigenvalue weighted by atomic mass is 79.9. The van der Waals surface area contributed by atoms with E-state index in [4.69, 9.17) is 5.73 Å². The number of anilines is 2. The fourth-order valence-corrected chi connectivity index (χ4v) is 2.37. The van der Waals surface area contributed by atoms with Crippen LogP contribution >= 0.6 is 27.3 Å². The van der Waals surface area contributed by atoms with Crippen molar-refractivity contribution in [2.75, 3.05) is 11.1 Å². The van der Waals surface area contributed by atoms with E-state index in [2.05, 4.69) is 26.2 Å². The van der Waals surface area contributed by atoms with Gasteiger partial charge in [0.05, 0.1) is 17.8 Å². The van der Waals surface area contributed by atoms with Gasteiger partial charge in [-0.3, -0.25) is 4.79 Å². The van der Waals surface area contributed by atoms with E-state index in [0.717, 1.165) is 0 Å². The Balaban J connectivity index is 2.03. The molecule has 0 unspecified atom stereocenters. The third kappa shape index (κ3) is 3.27. The van der Waals surface area contributed by atoms with Crippen molar-refractivity contribution in [3.8, 4) is 0 Å². The molecule has 1 aromatic carbocycles. The number of nitrogens with zero attached hydrogens (tertiary/aromatic N) is 1. The van der Waals surface area contributed by atoms with Crippen molar-refractivity contribution in [2.24, 2.45) is 0 Å². The summed E-state index contributed by atoms with van der Waals surface area (Å²) in [6.07, 6.45) is 0.136. The maximum Gasteiger partial charge on any atom is 0.230 e. The molecule has 1 heterocycles. The SMILES string of the molecule is Nc1nc(CC(=O)Nc2ccc(F)cc2Br)cs1. The van der Waals surface area contributed by atoms with Gasteiger partial charge in [-0.05, 0) is 34.1 Å². The van der Waals surface area contributed by atoms with Crippen molar-refractivity contribution in [1.82, 2.24) is 4.98 Å². The number of nitrogens with two attached hydrogens (primary N) is 1. The Morgan fingerprint density at radius 1 is 1.56 bits per heavy atom. The van der Waals surface area contributed by atoms with Crippen LogP contribution in [0.3, 0.4) is 0 Å². The highest BCUT2D eigenvalue weighted by molar-refractivity contribution is 9.10. The first-order valence-electron chi connectivity index (χ1n) is 4.99. The smallest absolute Gasteiger partial charge is 0.230 e. The van der Waals surface area contributed by atoms with Gasteiger partial charge in [0.25, 0.3) is 0 Å². The molecule has 1 amide bonds. The number of benzene rings is 1. The molecule has 0 saturated carbocycles. The Bertz CT molecular complexity index is 587. The summed E-state index contributed by atoms with van der Waals surface area (Å²) in [4.78, 5) is 15.7. The number of nitrogens with one attached hydrogen (secondary N) is 1. The van der Waals surface area contributed by atoms with E-state index in [9.17, 15) is 9.18 Å². The predicted molar refractivity (Wildman–Crippen MR) is 73.0 cm³/mol. The van der Waals surface area contributed by atoms with Gasteiger partial charge in [-0.25, -0.2) is 9.37 Å². The van der Waals surface area contributed by atoms with E-state index >= 15 is 0 Å². The van der Waals surface area contributed by atoms with Crippen LogP contribution < -0.4 is 11.1 Å². The Labute approximate surface area is 115 Å². The van der Waals surface area contributed by atoms with Gasteiger partial charge in [-0.1, -0.05) is 0 Å². The standard InChI is InChI=1S/C11H9BrFN3OS/c12-8-3-6(13)1-2-9(8)16-10(17)4-7-5-18-11(14)15-7/h1-3,5H,4H2,(H2,14,15)(H,16,17). The molecule has 0 aliphatic rings. The second-order valence-electron chi connectivity index (χ2n) is 3.53. The van der Waals surface area contributed by atoms with Crippen LogP contribution in [0.5, 0.6) is 0 Å². The van der Waals surface area contributed by atoms with Crippen LogP contribution in [0, 0.1) is 5.82 Å². The van der Waals surface area contributed by atoms with Gasteiger partial charge in [0.1, 0.15) is 5.82 Å². The maximum atomic E-state index is 12.9. The number of amides is 1. The molecule has 2 rings (SSSR count). The first kappa shape index (κ1) is 13.0. The van der Waals surface area contributed by atoms with Crippen molar-refractivity contribution in [3.63, 3.8) is 0 Å². The van der Waals surface area contributed by atoms with Crippen LogP contribution in [0.15, 0.2) is 28.1 Å². The minimum atomic E-state index is -0.368. The molecule has 94 valence electrons. The largest absolute Gasteiger partial charge is 0.375 e. The third-order valence-corrected chi connectivity index (χ3v) is 3.50. The number of rotatable bonds is 3. The molecule has 18 heavy (non-hydrogen) atoms. The van der Waals surface area contributed by atoms with Crippen molar-refractivity contribution in [1.29, 1.82) is 0 Å². The van der Waals surface area contributed by atoms with Crippen LogP contribution in [0.4, 0.5) is 15.2 Å². The van der Waals surface area contributed by atoms with E-state index in [-0.39, 0.29) is 18.1 Å². The second-order valence-corrected chi connectivity index (χ2v) is 5.27. The average Bonchev–Trinajstić information content (AvgIpc) is 2.68. The quantitative estimate of drug-likeness (QED) is 0.909. The van der Waals surface area contributed by atoms with Crippen molar-refractivity contribution >= 4 is 44.0 Å². The zero-order valence-electron chi connectivity index (χ0n) is 9.11. The summed E-state index contributed by atoms with van der Waals surface area (Å²) < 4.78 is 13.4. The van der Waals surface area contributed by atoms with Gasteiger partial charge in [0.15, 0.2) is 5.13 Å². The minimum absolute atomic E-state index is 0.136. The molecule has 0 radical (unpaired) electrons. The summed E-state index contributed by atoms with van der Waals surface area (Å²) in [7, 11) is 0. The molecular weight excluding hydrogens is 321 g/mol. The summed E-state index contributed by atoms with van der Waals surface area (Å²) in [6.45, 7) is 0. The summed E-state index contributed by atoms with van der Waals surface area (Å²) in [5, 5.41) is 4.83. The molecule has 0 atom stereocenters. The molecule has 0 spiro atoms. The van der Waals surface area contributed by atoms with Crippen LogP contribution in [-0.4, -0.2) is 10.9 Å². The number of thiazole rings is 1. The van der Waals surface area contributed by atoms with E-state index in [0.29, 0.717) is 21.0 Å². The number of carbonyl (C=O) groups excluding carboxylic acids is 1. The van der Waals surface area contributed by atoms with Crippen molar-refractivity contribution in [3.05, 3.63) is 39.6 Å². The lowest BCUT2D eigenvalue weighted by Crippen LogP contribution is -2.15. The van der Waals surface area contributed by atoms with Crippen LogP contribution in [0.2, 0.25) is 0 Å². The van der Waals surface area contributed by atoms with E-state index in [1.807, 2.05) is 0 Å². The number of halogens is 2. The zero-order valence-corrected chi connectivity index (χ0v) is 11.5. The summed E-state index contributed by atoms with van der Waals surface area (Å²) >= 11 is 4.46. The average molecular weight is 330 g/mol. The molecule has 0 fully saturated rings. The summed E-state index contributed by atoms with van der Waals surface area (Å²) in [5.41, 5.74) is 6.61. The second kappa shape index (κ2) is 5.45. The van der Waals surface area contributed by atoms with Gasteiger partial charge in [-0.2, -0.15) is 0 Å². The number of aromatic nitrogens is 1. The normalized spacial score (nSPS) is 10.3. The molecule has 0 bridgehead atoms. The van der Waals surface area contributed by atoms with Crippen LogP contribution in [0.1, 0.15) is 5.69 Å². The number of hydrogen-bond acceptors (Lipinski definition) is 4. The number of carbonyl (C=O) groups is 1. The Hall–Kier alpha value is -1.47. The number of nitrogen functional groups attached to an aromatic ring is 1. The van der Waals surface area contributed by atoms with Gasteiger partial charge in [0.2, 0.25) is 5.91 Å². The summed E-state index contributed by atoms with van der Waals surface area (Å²) in [5.74, 6) is -0.597. The van der Waals surface area contributed by atoms with E-state index < -0.39 is 0 Å². The number of hydrogen-bond donors (Lipinski definition) is 2. The Morgan fingerprint density at radius 3 is 2.94 bits per heavy atom. The third-order valence-electron chi connectivity index (χ3n) is 2.12. The fraction of sp³-hybridized carbons (Fsp3) is 0.0909. The van der Waals surface area contributed by atoms with Gasteiger partial charge >= 0.3 is 0 Å². The minimum Gasteiger partial charge on any atom is -0.375 e. The predicted octanol–water partition coefficient (Wildman–Crippen LogP) is 2.81. The zero-order chi connectivity index (χ0) is 13.1. The first-order valence-corrected chi connectivity index (χ1v) is 6.66. The topological polar surface area (TPSA) is 68.0 Å². The lowest BCUT2D eigenvalue weighted by molar-refractivity contribution is -0.115. The van der Waals surface area contributed by atoms with Crippen molar-refractivity contribution < 1.29 is 9.18 Å². The van der Waals surface area contributed by atoms with Crippen molar-refractivity contribution in [2.45, 2.75) is 6.42 Å². The molecular formula is C11H9BrFN3OS. The molecule has 2 aromatic rings. The van der Waals surface area contributed by atoms with E-state index in [1.54, 1.807) is 5.38 Å². The van der Waals surface area contributed by atoms with Gasteiger partial charge in [-0.15, -0.1) is 11.3 Å². The molecule has 0 aliphatic carbocycles. The molecule has 0 saturated heterocycles. The lowest BCUT2D eigenvalue weighted by Gasteiger charge is -2.06. The monoisotopic (exact) mass is 329 g/mol. The summed E-state index contributed by atoms with van der Waals surface area (Å²) in [6, 6.07) is 4.06. The highest BCUT2D eigenvalue weighted by Gasteiger charge is 2.09. The lowest BCUT2D eigenvalue weighted by atomic mass is 10.3. The van der Waals surface area contributed by atoms with Gasteiger partial charge in [0, 0.05) is 9.85 Å². The van der Waals surface area contributed by atoms with E-state index in [1.165, 1.54) is 29.5 Å². The first-order chi connectivity index (χ1) is 8.54. The molecule has 1 aromatic heterocycles. The van der Waals surface area contributed by atoms with Crippen LogP contribution in [0.25, 0.3) is 0 Å². The maximum absolute atomic E-state index is 12.9.